The Balaban J connectivity index is 1.91. The average Bonchev–Trinajstić information content (AvgIpc) is 2.97. The lowest BCUT2D eigenvalue weighted by Crippen LogP contribution is -2.29. The first-order chi connectivity index (χ1) is 10.6. The molecular weight excluding hydrogens is 292 g/mol. The minimum atomic E-state index is -2.73. The van der Waals surface area contributed by atoms with Crippen LogP contribution in [0.15, 0.2) is 30.6 Å². The van der Waals surface area contributed by atoms with Crippen LogP contribution in [0.25, 0.3) is 0 Å². The first-order valence-corrected chi connectivity index (χ1v) is 6.69. The van der Waals surface area contributed by atoms with E-state index in [2.05, 4.69) is 9.97 Å². The van der Waals surface area contributed by atoms with Crippen LogP contribution in [0.1, 0.15) is 28.2 Å². The van der Waals surface area contributed by atoms with Gasteiger partial charge in [-0.2, -0.15) is 0 Å². The standard InChI is InChI=1S/C15H13F2N3O2/c1-22-10-2-3-13-9(6-10)4-5-20(13)15(21)12-7-11(14(16)17)18-8-19-12/h2-3,6-8,14H,4-5H2,1H3. The van der Waals surface area contributed by atoms with E-state index in [9.17, 15) is 13.6 Å². The monoisotopic (exact) mass is 305 g/mol. The van der Waals surface area contributed by atoms with Crippen molar-refractivity contribution in [1.82, 2.24) is 9.97 Å². The summed E-state index contributed by atoms with van der Waals surface area (Å²) in [5.74, 6) is 0.309. The summed E-state index contributed by atoms with van der Waals surface area (Å²) in [5.41, 5.74) is 1.25. The number of carbonyl (C=O) groups is 1. The summed E-state index contributed by atoms with van der Waals surface area (Å²) in [6.45, 7) is 0.481. The number of rotatable bonds is 3. The molecule has 114 valence electrons. The summed E-state index contributed by atoms with van der Waals surface area (Å²) < 4.78 is 30.5. The van der Waals surface area contributed by atoms with E-state index >= 15 is 0 Å². The van der Waals surface area contributed by atoms with Crippen molar-refractivity contribution in [2.24, 2.45) is 0 Å². The predicted molar refractivity (Wildman–Crippen MR) is 75.4 cm³/mol. The van der Waals surface area contributed by atoms with Crippen molar-refractivity contribution in [3.05, 3.63) is 47.5 Å². The number of fused-ring (bicyclic) bond motifs is 1. The molecule has 1 aromatic heterocycles. The first kappa shape index (κ1) is 14.4. The number of amides is 1. The Kier molecular flexibility index (Phi) is 3.70. The van der Waals surface area contributed by atoms with Gasteiger partial charge in [-0.1, -0.05) is 0 Å². The van der Waals surface area contributed by atoms with E-state index < -0.39 is 18.0 Å². The summed E-state index contributed by atoms with van der Waals surface area (Å²) in [6.07, 6.45) is -1.06. The summed E-state index contributed by atoms with van der Waals surface area (Å²) >= 11 is 0. The van der Waals surface area contributed by atoms with Gasteiger partial charge in [0.25, 0.3) is 12.3 Å². The van der Waals surface area contributed by atoms with Crippen LogP contribution in [-0.2, 0) is 6.42 Å². The van der Waals surface area contributed by atoms with Gasteiger partial charge in [-0.05, 0) is 36.2 Å². The van der Waals surface area contributed by atoms with Gasteiger partial charge in [0.2, 0.25) is 0 Å². The molecule has 0 saturated carbocycles. The Bertz CT molecular complexity index is 722. The molecule has 0 atom stereocenters. The highest BCUT2D eigenvalue weighted by atomic mass is 19.3. The maximum Gasteiger partial charge on any atom is 0.280 e. The van der Waals surface area contributed by atoms with Crippen molar-refractivity contribution in [3.63, 3.8) is 0 Å². The molecule has 0 bridgehead atoms. The van der Waals surface area contributed by atoms with Crippen LogP contribution in [0.4, 0.5) is 14.5 Å². The van der Waals surface area contributed by atoms with Gasteiger partial charge in [0.05, 0.1) is 7.11 Å². The molecule has 1 amide bonds. The average molecular weight is 305 g/mol. The van der Waals surface area contributed by atoms with E-state index in [0.29, 0.717) is 13.0 Å². The van der Waals surface area contributed by atoms with Crippen molar-refractivity contribution in [1.29, 1.82) is 0 Å². The molecule has 0 spiro atoms. The number of benzene rings is 1. The van der Waals surface area contributed by atoms with Crippen molar-refractivity contribution in [2.45, 2.75) is 12.8 Å². The third-order valence-corrected chi connectivity index (χ3v) is 3.56. The zero-order valence-electron chi connectivity index (χ0n) is 11.8. The third kappa shape index (κ3) is 2.49. The van der Waals surface area contributed by atoms with Gasteiger partial charge in [-0.25, -0.2) is 18.7 Å². The van der Waals surface area contributed by atoms with Crippen LogP contribution < -0.4 is 9.64 Å². The second-order valence-corrected chi connectivity index (χ2v) is 4.83. The molecule has 0 radical (unpaired) electrons. The molecule has 0 saturated heterocycles. The largest absolute Gasteiger partial charge is 0.497 e. The number of ether oxygens (including phenoxy) is 1. The van der Waals surface area contributed by atoms with Gasteiger partial charge in [0.15, 0.2) is 0 Å². The van der Waals surface area contributed by atoms with Crippen LogP contribution in [0.3, 0.4) is 0 Å². The Hall–Kier alpha value is -2.57. The molecule has 0 N–H and O–H groups in total. The molecule has 1 aromatic carbocycles. The number of alkyl halides is 2. The SMILES string of the molecule is COc1ccc2c(c1)CCN2C(=O)c1cc(C(F)F)ncn1. The second kappa shape index (κ2) is 5.67. The minimum absolute atomic E-state index is 0.0334. The second-order valence-electron chi connectivity index (χ2n) is 4.83. The quantitative estimate of drug-likeness (QED) is 0.874. The van der Waals surface area contributed by atoms with Gasteiger partial charge in [-0.15, -0.1) is 0 Å². The van der Waals surface area contributed by atoms with Crippen LogP contribution in [0.2, 0.25) is 0 Å². The van der Waals surface area contributed by atoms with Gasteiger partial charge >= 0.3 is 0 Å². The molecule has 2 aromatic rings. The van der Waals surface area contributed by atoms with E-state index in [1.54, 1.807) is 19.2 Å². The Morgan fingerprint density at radius 1 is 1.32 bits per heavy atom. The van der Waals surface area contributed by atoms with E-state index in [4.69, 9.17) is 4.74 Å². The third-order valence-electron chi connectivity index (χ3n) is 3.56. The molecule has 1 aliphatic rings. The number of hydrogen-bond donors (Lipinski definition) is 0. The van der Waals surface area contributed by atoms with Gasteiger partial charge < -0.3 is 9.64 Å². The maximum absolute atomic E-state index is 12.7. The van der Waals surface area contributed by atoms with Gasteiger partial charge in [0, 0.05) is 12.2 Å². The maximum atomic E-state index is 12.7. The minimum Gasteiger partial charge on any atom is -0.497 e. The van der Waals surface area contributed by atoms with Crippen LogP contribution >= 0.6 is 0 Å². The normalized spacial score (nSPS) is 13.4. The molecule has 0 unspecified atom stereocenters. The molecule has 3 rings (SSSR count). The molecule has 22 heavy (non-hydrogen) atoms. The molecule has 1 aliphatic heterocycles. The lowest BCUT2D eigenvalue weighted by atomic mass is 10.1. The van der Waals surface area contributed by atoms with Crippen molar-refractivity contribution in [3.8, 4) is 5.75 Å². The fourth-order valence-corrected chi connectivity index (χ4v) is 2.46. The molecule has 0 fully saturated rings. The fourth-order valence-electron chi connectivity index (χ4n) is 2.46. The number of nitrogens with zero attached hydrogens (tertiary/aromatic N) is 3. The van der Waals surface area contributed by atoms with E-state index in [1.165, 1.54) is 4.90 Å². The van der Waals surface area contributed by atoms with E-state index in [1.807, 2.05) is 6.07 Å². The van der Waals surface area contributed by atoms with E-state index in [-0.39, 0.29) is 5.69 Å². The molecule has 0 aliphatic carbocycles. The number of methoxy groups -OCH3 is 1. The molecule has 7 heteroatoms. The first-order valence-electron chi connectivity index (χ1n) is 6.69. The summed E-state index contributed by atoms with van der Waals surface area (Å²) in [4.78, 5) is 21.3. The smallest absolute Gasteiger partial charge is 0.280 e. The Morgan fingerprint density at radius 2 is 2.14 bits per heavy atom. The highest BCUT2D eigenvalue weighted by Crippen LogP contribution is 2.32. The highest BCUT2D eigenvalue weighted by molar-refractivity contribution is 6.06. The molecular formula is C15H13F2N3O2. The fraction of sp³-hybridized carbons (Fsp3) is 0.267. The topological polar surface area (TPSA) is 55.3 Å². The van der Waals surface area contributed by atoms with Crippen LogP contribution in [0.5, 0.6) is 5.75 Å². The summed E-state index contributed by atoms with van der Waals surface area (Å²) in [5, 5.41) is 0. The number of hydrogen-bond acceptors (Lipinski definition) is 4. The number of aromatic nitrogens is 2. The number of halogens is 2. The van der Waals surface area contributed by atoms with Crippen molar-refractivity contribution < 1.29 is 18.3 Å². The number of carbonyl (C=O) groups excluding carboxylic acids is 1. The van der Waals surface area contributed by atoms with E-state index in [0.717, 1.165) is 29.4 Å². The van der Waals surface area contributed by atoms with Crippen LogP contribution in [-0.4, -0.2) is 29.5 Å². The van der Waals surface area contributed by atoms with Crippen LogP contribution in [0, 0.1) is 0 Å². The predicted octanol–water partition coefficient (Wildman–Crippen LogP) is 2.63. The molecule has 2 heterocycles. The highest BCUT2D eigenvalue weighted by Gasteiger charge is 2.27. The zero-order chi connectivity index (χ0) is 15.7. The van der Waals surface area contributed by atoms with Crippen molar-refractivity contribution in [2.75, 3.05) is 18.6 Å². The Labute approximate surface area is 125 Å². The summed E-state index contributed by atoms with van der Waals surface area (Å²) in [7, 11) is 1.58. The van der Waals surface area contributed by atoms with Gasteiger partial charge in [0.1, 0.15) is 23.5 Å². The Morgan fingerprint density at radius 3 is 2.86 bits per heavy atom. The summed E-state index contributed by atoms with van der Waals surface area (Å²) in [6, 6.07) is 6.45. The zero-order valence-corrected chi connectivity index (χ0v) is 11.8. The van der Waals surface area contributed by atoms with Crippen molar-refractivity contribution >= 4 is 11.6 Å². The number of anilines is 1. The van der Waals surface area contributed by atoms with Gasteiger partial charge in [-0.3, -0.25) is 4.79 Å². The molecule has 5 nitrogen and oxygen atoms in total. The lowest BCUT2D eigenvalue weighted by Gasteiger charge is -2.17. The lowest BCUT2D eigenvalue weighted by molar-refractivity contribution is 0.0983.